The number of nitrogens with one attached hydrogen (secondary N) is 2. The molecule has 0 spiro atoms. The molecule has 0 aliphatic heterocycles. The van der Waals surface area contributed by atoms with Gasteiger partial charge in [0.1, 0.15) is 6.04 Å². The molecule has 8 heteroatoms. The third-order valence-corrected chi connectivity index (χ3v) is 5.15. The Balaban J connectivity index is 1.70. The number of carboxylic acids is 1. The minimum Gasteiger partial charge on any atom is -0.480 e. The van der Waals surface area contributed by atoms with Crippen LogP contribution in [0.15, 0.2) is 72.8 Å². The van der Waals surface area contributed by atoms with E-state index in [0.29, 0.717) is 0 Å². The van der Waals surface area contributed by atoms with Gasteiger partial charge in [-0.15, -0.1) is 0 Å². The van der Waals surface area contributed by atoms with Crippen molar-refractivity contribution in [2.45, 2.75) is 19.0 Å². The Bertz CT molecular complexity index is 1130. The summed E-state index contributed by atoms with van der Waals surface area (Å²) in [5.41, 5.74) is 3.58. The first-order chi connectivity index (χ1) is 15.3. The standard InChI is InChI=1S/C24H21ClN2O5/c25-20-7-2-1-6-19(20)22(28)27-21(23(29)30)13-15-8-10-17(11-9-15)18-5-3-4-16(12-18)14-26-24(31)32/h1-12,21,26H,13-14H2,(H,27,28)(H,29,30)(H,31,32)/t21-/m0/s1. The van der Waals surface area contributed by atoms with Gasteiger partial charge >= 0.3 is 12.1 Å². The van der Waals surface area contributed by atoms with E-state index < -0.39 is 24.0 Å². The molecule has 0 saturated heterocycles. The van der Waals surface area contributed by atoms with Gasteiger partial charge in [0.15, 0.2) is 0 Å². The molecular weight excluding hydrogens is 432 g/mol. The predicted octanol–water partition coefficient (Wildman–Crippen LogP) is 4.20. The topological polar surface area (TPSA) is 116 Å². The summed E-state index contributed by atoms with van der Waals surface area (Å²) in [5.74, 6) is -1.69. The van der Waals surface area contributed by atoms with Gasteiger partial charge < -0.3 is 20.8 Å². The number of halogens is 1. The van der Waals surface area contributed by atoms with E-state index in [1.165, 1.54) is 6.07 Å². The molecule has 0 unspecified atom stereocenters. The highest BCUT2D eigenvalue weighted by Gasteiger charge is 2.22. The SMILES string of the molecule is O=C(O)NCc1cccc(-c2ccc(C[C@H](NC(=O)c3ccccc3Cl)C(=O)O)cc2)c1. The fraction of sp³-hybridized carbons (Fsp3) is 0.125. The number of carbonyl (C=O) groups excluding carboxylic acids is 1. The lowest BCUT2D eigenvalue weighted by molar-refractivity contribution is -0.139. The van der Waals surface area contributed by atoms with E-state index in [2.05, 4.69) is 10.6 Å². The lowest BCUT2D eigenvalue weighted by atomic mass is 9.99. The smallest absolute Gasteiger partial charge is 0.404 e. The van der Waals surface area contributed by atoms with Crippen molar-refractivity contribution in [1.82, 2.24) is 10.6 Å². The van der Waals surface area contributed by atoms with Crippen LogP contribution in [-0.2, 0) is 17.8 Å². The van der Waals surface area contributed by atoms with Crippen molar-refractivity contribution in [3.8, 4) is 11.1 Å². The van der Waals surface area contributed by atoms with Crippen molar-refractivity contribution in [3.05, 3.63) is 94.5 Å². The zero-order valence-corrected chi connectivity index (χ0v) is 17.7. The van der Waals surface area contributed by atoms with E-state index in [9.17, 15) is 19.5 Å². The molecule has 164 valence electrons. The number of carboxylic acid groups (broad SMARTS) is 2. The number of hydrogen-bond acceptors (Lipinski definition) is 3. The van der Waals surface area contributed by atoms with Gasteiger partial charge in [-0.05, 0) is 40.5 Å². The van der Waals surface area contributed by atoms with E-state index in [1.54, 1.807) is 30.3 Å². The number of carbonyl (C=O) groups is 3. The summed E-state index contributed by atoms with van der Waals surface area (Å²) in [5, 5.41) is 23.4. The molecule has 0 aromatic heterocycles. The zero-order valence-electron chi connectivity index (χ0n) is 16.9. The molecule has 0 heterocycles. The van der Waals surface area contributed by atoms with Gasteiger partial charge in [0.25, 0.3) is 5.91 Å². The van der Waals surface area contributed by atoms with E-state index in [1.807, 2.05) is 36.4 Å². The highest BCUT2D eigenvalue weighted by molar-refractivity contribution is 6.33. The highest BCUT2D eigenvalue weighted by Crippen LogP contribution is 2.22. The molecule has 32 heavy (non-hydrogen) atoms. The van der Waals surface area contributed by atoms with E-state index in [4.69, 9.17) is 16.7 Å². The summed E-state index contributed by atoms with van der Waals surface area (Å²) < 4.78 is 0. The third-order valence-electron chi connectivity index (χ3n) is 4.82. The fourth-order valence-electron chi connectivity index (χ4n) is 3.19. The summed E-state index contributed by atoms with van der Waals surface area (Å²) in [6.45, 7) is 0.201. The maximum absolute atomic E-state index is 12.4. The zero-order chi connectivity index (χ0) is 23.1. The summed E-state index contributed by atoms with van der Waals surface area (Å²) >= 11 is 6.02. The molecule has 0 radical (unpaired) electrons. The Morgan fingerprint density at radius 1 is 0.844 bits per heavy atom. The number of benzene rings is 3. The van der Waals surface area contributed by atoms with Crippen LogP contribution in [0.1, 0.15) is 21.5 Å². The predicted molar refractivity (Wildman–Crippen MR) is 121 cm³/mol. The van der Waals surface area contributed by atoms with Crippen molar-refractivity contribution in [1.29, 1.82) is 0 Å². The molecule has 0 aliphatic carbocycles. The summed E-state index contributed by atoms with van der Waals surface area (Å²) in [6, 6.07) is 20.1. The third kappa shape index (κ3) is 6.09. The highest BCUT2D eigenvalue weighted by atomic mass is 35.5. The molecule has 7 nitrogen and oxygen atoms in total. The summed E-state index contributed by atoms with van der Waals surface area (Å²) in [7, 11) is 0. The van der Waals surface area contributed by atoms with Gasteiger partial charge in [0.05, 0.1) is 10.6 Å². The molecule has 0 fully saturated rings. The lowest BCUT2D eigenvalue weighted by Gasteiger charge is -2.15. The van der Waals surface area contributed by atoms with Crippen LogP contribution in [0.5, 0.6) is 0 Å². The van der Waals surface area contributed by atoms with E-state index >= 15 is 0 Å². The molecule has 2 amide bonds. The summed E-state index contributed by atoms with van der Waals surface area (Å²) in [6.07, 6.45) is -0.983. The van der Waals surface area contributed by atoms with Crippen LogP contribution in [0.3, 0.4) is 0 Å². The molecule has 3 aromatic rings. The van der Waals surface area contributed by atoms with Gasteiger partial charge in [-0.1, -0.05) is 66.2 Å². The van der Waals surface area contributed by atoms with Gasteiger partial charge in [0.2, 0.25) is 0 Å². The average molecular weight is 453 g/mol. The lowest BCUT2D eigenvalue weighted by Crippen LogP contribution is -2.42. The molecule has 3 rings (SSSR count). The molecule has 0 saturated carbocycles. The van der Waals surface area contributed by atoms with Crippen LogP contribution >= 0.6 is 11.6 Å². The second kappa shape index (κ2) is 10.5. The van der Waals surface area contributed by atoms with E-state index in [0.717, 1.165) is 22.3 Å². The van der Waals surface area contributed by atoms with Crippen LogP contribution in [0.25, 0.3) is 11.1 Å². The molecule has 4 N–H and O–H groups in total. The van der Waals surface area contributed by atoms with Crippen molar-refractivity contribution in [3.63, 3.8) is 0 Å². The van der Waals surface area contributed by atoms with Crippen molar-refractivity contribution < 1.29 is 24.6 Å². The van der Waals surface area contributed by atoms with Crippen LogP contribution in [0, 0.1) is 0 Å². The van der Waals surface area contributed by atoms with Crippen LogP contribution in [-0.4, -0.2) is 34.2 Å². The summed E-state index contributed by atoms with van der Waals surface area (Å²) in [4.78, 5) is 34.8. The first-order valence-electron chi connectivity index (χ1n) is 9.76. The first kappa shape index (κ1) is 22.8. The largest absolute Gasteiger partial charge is 0.480 e. The number of aliphatic carboxylic acids is 1. The molecule has 0 bridgehead atoms. The Kier molecular flexibility index (Phi) is 7.46. The maximum Gasteiger partial charge on any atom is 0.404 e. The monoisotopic (exact) mass is 452 g/mol. The second-order valence-corrected chi connectivity index (χ2v) is 7.51. The van der Waals surface area contributed by atoms with Gasteiger partial charge in [-0.3, -0.25) is 4.79 Å². The fourth-order valence-corrected chi connectivity index (χ4v) is 3.41. The molecule has 3 aromatic carbocycles. The van der Waals surface area contributed by atoms with Gasteiger partial charge in [-0.2, -0.15) is 0 Å². The van der Waals surface area contributed by atoms with Crippen molar-refractivity contribution >= 4 is 29.6 Å². The Morgan fingerprint density at radius 2 is 1.56 bits per heavy atom. The Hall–Kier alpha value is -3.84. The van der Waals surface area contributed by atoms with E-state index in [-0.39, 0.29) is 23.6 Å². The maximum atomic E-state index is 12.4. The van der Waals surface area contributed by atoms with Crippen LogP contribution in [0.4, 0.5) is 4.79 Å². The minimum absolute atomic E-state index is 0.106. The Labute approximate surface area is 189 Å². The first-order valence-corrected chi connectivity index (χ1v) is 10.1. The Morgan fingerprint density at radius 3 is 2.22 bits per heavy atom. The van der Waals surface area contributed by atoms with Gasteiger partial charge in [-0.25, -0.2) is 9.59 Å². The van der Waals surface area contributed by atoms with Crippen molar-refractivity contribution in [2.24, 2.45) is 0 Å². The average Bonchev–Trinajstić information content (AvgIpc) is 2.78. The molecule has 0 aliphatic rings. The normalized spacial score (nSPS) is 11.4. The van der Waals surface area contributed by atoms with Crippen molar-refractivity contribution in [2.75, 3.05) is 0 Å². The van der Waals surface area contributed by atoms with Crippen LogP contribution in [0.2, 0.25) is 5.02 Å². The number of amides is 2. The second-order valence-electron chi connectivity index (χ2n) is 7.10. The van der Waals surface area contributed by atoms with Crippen LogP contribution < -0.4 is 10.6 Å². The van der Waals surface area contributed by atoms with Gasteiger partial charge in [0, 0.05) is 13.0 Å². The number of hydrogen-bond donors (Lipinski definition) is 4. The number of rotatable bonds is 8. The quantitative estimate of drug-likeness (QED) is 0.409. The molecular formula is C24H21ClN2O5. The molecule has 1 atom stereocenters. The minimum atomic E-state index is -1.15.